The fourth-order valence-electron chi connectivity index (χ4n) is 2.83. The van der Waals surface area contributed by atoms with Crippen LogP contribution >= 0.6 is 11.3 Å². The van der Waals surface area contributed by atoms with Gasteiger partial charge in [0.15, 0.2) is 11.5 Å². The first kappa shape index (κ1) is 14.8. The van der Waals surface area contributed by atoms with Gasteiger partial charge in [0, 0.05) is 11.6 Å². The van der Waals surface area contributed by atoms with Gasteiger partial charge < -0.3 is 9.47 Å². The quantitative estimate of drug-likeness (QED) is 0.405. The summed E-state index contributed by atoms with van der Waals surface area (Å²) in [5.74, 6) is 1.41. The van der Waals surface area contributed by atoms with Crippen molar-refractivity contribution in [3.63, 3.8) is 0 Å². The van der Waals surface area contributed by atoms with Crippen LogP contribution in [-0.2, 0) is 0 Å². The number of hydrogen-bond acceptors (Lipinski definition) is 7. The summed E-state index contributed by atoms with van der Waals surface area (Å²) in [6.45, 7) is 0.221. The third kappa shape index (κ3) is 2.29. The third-order valence-corrected chi connectivity index (χ3v) is 5.01. The molecule has 0 N–H and O–H groups in total. The predicted octanol–water partition coefficient (Wildman–Crippen LogP) is 3.76. The fraction of sp³-hybridized carbons (Fsp3) is 0.0588. The number of aromatic nitrogens is 3. The van der Waals surface area contributed by atoms with Gasteiger partial charge in [-0.3, -0.25) is 10.1 Å². The molecule has 2 aromatic carbocycles. The summed E-state index contributed by atoms with van der Waals surface area (Å²) in [5.41, 5.74) is 1.92. The van der Waals surface area contributed by atoms with E-state index in [4.69, 9.17) is 9.47 Å². The van der Waals surface area contributed by atoms with E-state index in [0.717, 1.165) is 10.6 Å². The zero-order valence-corrected chi connectivity index (χ0v) is 14.0. The second-order valence-corrected chi connectivity index (χ2v) is 6.56. The summed E-state index contributed by atoms with van der Waals surface area (Å²) in [4.78, 5) is 16.0. The van der Waals surface area contributed by atoms with Crippen LogP contribution < -0.4 is 9.47 Å². The number of imidazole rings is 1. The van der Waals surface area contributed by atoms with Gasteiger partial charge in [0.25, 0.3) is 5.69 Å². The highest BCUT2D eigenvalue weighted by Crippen LogP contribution is 2.37. The molecule has 0 aliphatic carbocycles. The summed E-state index contributed by atoms with van der Waals surface area (Å²) in [5, 5.41) is 16.5. The molecule has 0 amide bonds. The first-order chi connectivity index (χ1) is 12.7. The van der Waals surface area contributed by atoms with Crippen molar-refractivity contribution in [3.05, 3.63) is 58.8 Å². The number of rotatable bonds is 3. The molecule has 4 aromatic rings. The lowest BCUT2D eigenvalue weighted by Crippen LogP contribution is -1.92. The zero-order valence-electron chi connectivity index (χ0n) is 13.2. The molecule has 0 unspecified atom stereocenters. The molecule has 2 aromatic heterocycles. The van der Waals surface area contributed by atoms with Crippen LogP contribution in [0.2, 0.25) is 0 Å². The molecule has 3 heterocycles. The zero-order chi connectivity index (χ0) is 17.7. The largest absolute Gasteiger partial charge is 0.454 e. The lowest BCUT2D eigenvalue weighted by molar-refractivity contribution is -0.384. The summed E-state index contributed by atoms with van der Waals surface area (Å²) in [6.07, 6.45) is 1.70. The second kappa shape index (κ2) is 5.53. The topological polar surface area (TPSA) is 91.8 Å². The Morgan fingerprint density at radius 2 is 2.00 bits per heavy atom. The molecule has 0 bridgehead atoms. The Balaban J connectivity index is 1.56. The van der Waals surface area contributed by atoms with Crippen molar-refractivity contribution < 1.29 is 14.4 Å². The van der Waals surface area contributed by atoms with Gasteiger partial charge in [0.2, 0.25) is 11.8 Å². The Bertz CT molecular complexity index is 1140. The molecule has 8 nitrogen and oxygen atoms in total. The minimum absolute atomic E-state index is 0.0225. The van der Waals surface area contributed by atoms with Gasteiger partial charge in [-0.1, -0.05) is 23.5 Å². The van der Waals surface area contributed by atoms with E-state index in [1.54, 1.807) is 28.9 Å². The standard InChI is InChI=1S/C17H10N4O4S/c22-21(23)13-4-2-1-3-11(13)12-8-20-17(18-12)26-16(19-20)10-5-6-14-15(7-10)25-9-24-14/h1-8H,9H2. The Hall–Kier alpha value is -3.46. The lowest BCUT2D eigenvalue weighted by Gasteiger charge is -1.99. The third-order valence-electron chi connectivity index (χ3n) is 4.04. The van der Waals surface area contributed by atoms with Gasteiger partial charge in [0.05, 0.1) is 22.4 Å². The molecule has 1 aliphatic rings. The molecular weight excluding hydrogens is 356 g/mol. The van der Waals surface area contributed by atoms with Crippen molar-refractivity contribution in [1.82, 2.24) is 14.6 Å². The van der Waals surface area contributed by atoms with E-state index in [9.17, 15) is 10.1 Å². The lowest BCUT2D eigenvalue weighted by atomic mass is 10.1. The number of benzene rings is 2. The summed E-state index contributed by atoms with van der Waals surface area (Å²) >= 11 is 1.40. The van der Waals surface area contributed by atoms with Gasteiger partial charge >= 0.3 is 0 Å². The van der Waals surface area contributed by atoms with E-state index < -0.39 is 4.92 Å². The van der Waals surface area contributed by atoms with Crippen molar-refractivity contribution in [2.75, 3.05) is 6.79 Å². The van der Waals surface area contributed by atoms with Crippen LogP contribution in [0.25, 0.3) is 26.8 Å². The highest BCUT2D eigenvalue weighted by atomic mass is 32.1. The first-order valence-corrected chi connectivity index (χ1v) is 8.51. The van der Waals surface area contributed by atoms with Gasteiger partial charge in [-0.2, -0.15) is 5.10 Å². The number of hydrogen-bond donors (Lipinski definition) is 0. The summed E-state index contributed by atoms with van der Waals surface area (Å²) < 4.78 is 12.3. The fourth-order valence-corrected chi connectivity index (χ4v) is 3.70. The Labute approximate surface area is 150 Å². The minimum Gasteiger partial charge on any atom is -0.454 e. The van der Waals surface area contributed by atoms with Crippen LogP contribution in [0.5, 0.6) is 11.5 Å². The van der Waals surface area contributed by atoms with Crippen molar-refractivity contribution in [2.45, 2.75) is 0 Å². The molecule has 5 rings (SSSR count). The number of fused-ring (bicyclic) bond motifs is 2. The number of nitrogens with zero attached hydrogens (tertiary/aromatic N) is 4. The predicted molar refractivity (Wildman–Crippen MR) is 94.5 cm³/mol. The molecule has 9 heteroatoms. The highest BCUT2D eigenvalue weighted by Gasteiger charge is 2.20. The van der Waals surface area contributed by atoms with Gasteiger partial charge in [-0.15, -0.1) is 0 Å². The molecule has 0 radical (unpaired) electrons. The second-order valence-electron chi connectivity index (χ2n) is 5.60. The maximum absolute atomic E-state index is 11.2. The van der Waals surface area contributed by atoms with Gasteiger partial charge in [0.1, 0.15) is 5.01 Å². The van der Waals surface area contributed by atoms with E-state index in [1.165, 1.54) is 17.4 Å². The molecule has 26 heavy (non-hydrogen) atoms. The van der Waals surface area contributed by atoms with Crippen molar-refractivity contribution >= 4 is 22.0 Å². The molecule has 128 valence electrons. The summed E-state index contributed by atoms with van der Waals surface area (Å²) in [7, 11) is 0. The molecule has 0 saturated heterocycles. The Kier molecular flexibility index (Phi) is 3.16. The van der Waals surface area contributed by atoms with Crippen LogP contribution in [0.4, 0.5) is 5.69 Å². The molecule has 0 atom stereocenters. The molecular formula is C17H10N4O4S. The van der Waals surface area contributed by atoms with E-state index in [2.05, 4.69) is 10.1 Å². The average Bonchev–Trinajstić information content (AvgIpc) is 3.35. The normalized spacial score (nSPS) is 12.6. The van der Waals surface area contributed by atoms with Crippen molar-refractivity contribution in [1.29, 1.82) is 0 Å². The van der Waals surface area contributed by atoms with E-state index in [0.29, 0.717) is 27.7 Å². The van der Waals surface area contributed by atoms with Crippen LogP contribution in [-0.4, -0.2) is 26.3 Å². The molecule has 0 saturated carbocycles. The van der Waals surface area contributed by atoms with Crippen LogP contribution in [0.3, 0.4) is 0 Å². The minimum atomic E-state index is -0.408. The number of ether oxygens (including phenoxy) is 2. The smallest absolute Gasteiger partial charge is 0.278 e. The molecule has 0 spiro atoms. The first-order valence-electron chi connectivity index (χ1n) is 7.69. The Morgan fingerprint density at radius 3 is 2.85 bits per heavy atom. The number of nitro benzene ring substituents is 1. The van der Waals surface area contributed by atoms with Crippen LogP contribution in [0, 0.1) is 10.1 Å². The molecule has 1 aliphatic heterocycles. The SMILES string of the molecule is O=[N+]([O-])c1ccccc1-c1cn2nc(-c3ccc4c(c3)OCO4)sc2n1. The van der Waals surface area contributed by atoms with Crippen LogP contribution in [0.1, 0.15) is 0 Å². The molecule has 0 fully saturated rings. The average molecular weight is 366 g/mol. The highest BCUT2D eigenvalue weighted by molar-refractivity contribution is 7.19. The maximum Gasteiger partial charge on any atom is 0.278 e. The van der Waals surface area contributed by atoms with E-state index in [-0.39, 0.29) is 12.5 Å². The monoisotopic (exact) mass is 366 g/mol. The Morgan fingerprint density at radius 1 is 1.15 bits per heavy atom. The van der Waals surface area contributed by atoms with Crippen molar-refractivity contribution in [2.24, 2.45) is 0 Å². The van der Waals surface area contributed by atoms with Gasteiger partial charge in [-0.05, 0) is 24.3 Å². The number of para-hydroxylation sites is 1. The van der Waals surface area contributed by atoms with E-state index in [1.807, 2.05) is 18.2 Å². The van der Waals surface area contributed by atoms with Crippen LogP contribution in [0.15, 0.2) is 48.7 Å². The summed E-state index contributed by atoms with van der Waals surface area (Å²) in [6, 6.07) is 12.2. The van der Waals surface area contributed by atoms with Gasteiger partial charge in [-0.25, -0.2) is 9.50 Å². The van der Waals surface area contributed by atoms with E-state index >= 15 is 0 Å². The van der Waals surface area contributed by atoms with Crippen molar-refractivity contribution in [3.8, 4) is 33.3 Å². The number of nitro groups is 1. The maximum atomic E-state index is 11.2.